The number of ether oxygens (including phenoxy) is 1. The van der Waals surface area contributed by atoms with Crippen molar-refractivity contribution in [3.05, 3.63) is 0 Å². The summed E-state index contributed by atoms with van der Waals surface area (Å²) in [6.07, 6.45) is 7.15. The highest BCUT2D eigenvalue weighted by molar-refractivity contribution is 5.81. The SMILES string of the molecule is CC(OC1CCC(=O)CC1)C(=O)N1CCCCCC1. The molecule has 19 heavy (non-hydrogen) atoms. The fraction of sp³-hybridized carbons (Fsp3) is 0.867. The summed E-state index contributed by atoms with van der Waals surface area (Å²) in [5.41, 5.74) is 0. The molecule has 2 rings (SSSR count). The summed E-state index contributed by atoms with van der Waals surface area (Å²) < 4.78 is 5.85. The van der Waals surface area contributed by atoms with Crippen LogP contribution in [0.25, 0.3) is 0 Å². The number of amides is 1. The van der Waals surface area contributed by atoms with E-state index in [-0.39, 0.29) is 18.1 Å². The van der Waals surface area contributed by atoms with Gasteiger partial charge in [-0.1, -0.05) is 12.8 Å². The zero-order valence-electron chi connectivity index (χ0n) is 11.9. The molecule has 1 atom stereocenters. The minimum Gasteiger partial charge on any atom is -0.365 e. The van der Waals surface area contributed by atoms with Crippen LogP contribution in [0.15, 0.2) is 0 Å². The molecule has 1 aliphatic heterocycles. The van der Waals surface area contributed by atoms with Gasteiger partial charge in [-0.2, -0.15) is 0 Å². The first kappa shape index (κ1) is 14.5. The van der Waals surface area contributed by atoms with Crippen LogP contribution in [0.4, 0.5) is 0 Å². The molecule has 4 nitrogen and oxygen atoms in total. The number of rotatable bonds is 3. The molecule has 0 aromatic rings. The topological polar surface area (TPSA) is 46.6 Å². The Bertz CT molecular complexity index is 311. The number of likely N-dealkylation sites (tertiary alicyclic amines) is 1. The van der Waals surface area contributed by atoms with E-state index in [1.165, 1.54) is 12.8 Å². The summed E-state index contributed by atoms with van der Waals surface area (Å²) in [6, 6.07) is 0. The van der Waals surface area contributed by atoms with Crippen LogP contribution in [-0.2, 0) is 14.3 Å². The third kappa shape index (κ3) is 4.30. The summed E-state index contributed by atoms with van der Waals surface area (Å²) >= 11 is 0. The molecular formula is C15H25NO3. The van der Waals surface area contributed by atoms with Crippen molar-refractivity contribution in [3.8, 4) is 0 Å². The van der Waals surface area contributed by atoms with Crippen LogP contribution >= 0.6 is 0 Å². The number of hydrogen-bond acceptors (Lipinski definition) is 3. The molecule has 0 radical (unpaired) electrons. The average Bonchev–Trinajstić information content (AvgIpc) is 2.69. The van der Waals surface area contributed by atoms with Gasteiger partial charge in [-0.05, 0) is 32.6 Å². The van der Waals surface area contributed by atoms with Crippen LogP contribution < -0.4 is 0 Å². The number of Topliss-reactive ketones (excluding diaryl/α,β-unsaturated/α-hetero) is 1. The Labute approximate surface area is 115 Å². The quantitative estimate of drug-likeness (QED) is 0.788. The molecule has 1 unspecified atom stereocenters. The zero-order chi connectivity index (χ0) is 13.7. The highest BCUT2D eigenvalue weighted by Gasteiger charge is 2.26. The van der Waals surface area contributed by atoms with Gasteiger partial charge in [0.25, 0.3) is 5.91 Å². The Morgan fingerprint density at radius 2 is 1.74 bits per heavy atom. The average molecular weight is 267 g/mol. The highest BCUT2D eigenvalue weighted by atomic mass is 16.5. The normalized spacial score (nSPS) is 24.1. The fourth-order valence-electron chi connectivity index (χ4n) is 2.94. The largest absolute Gasteiger partial charge is 0.365 e. The lowest BCUT2D eigenvalue weighted by atomic mass is 9.96. The van der Waals surface area contributed by atoms with E-state index >= 15 is 0 Å². The Kier molecular flexibility index (Phi) is 5.37. The molecule has 2 aliphatic rings. The molecule has 1 saturated carbocycles. The first-order chi connectivity index (χ1) is 9.16. The van der Waals surface area contributed by atoms with Gasteiger partial charge < -0.3 is 9.64 Å². The van der Waals surface area contributed by atoms with Crippen molar-refractivity contribution in [2.24, 2.45) is 0 Å². The van der Waals surface area contributed by atoms with E-state index < -0.39 is 0 Å². The molecule has 0 aromatic heterocycles. The molecule has 2 fully saturated rings. The van der Waals surface area contributed by atoms with Gasteiger partial charge in [0, 0.05) is 25.9 Å². The number of carbonyl (C=O) groups excluding carboxylic acids is 2. The van der Waals surface area contributed by atoms with Crippen LogP contribution in [0, 0.1) is 0 Å². The van der Waals surface area contributed by atoms with E-state index in [1.54, 1.807) is 0 Å². The van der Waals surface area contributed by atoms with Crippen LogP contribution in [0.3, 0.4) is 0 Å². The van der Waals surface area contributed by atoms with Crippen molar-refractivity contribution < 1.29 is 14.3 Å². The number of ketones is 1. The van der Waals surface area contributed by atoms with Crippen molar-refractivity contribution in [2.45, 2.75) is 70.5 Å². The second kappa shape index (κ2) is 7.04. The van der Waals surface area contributed by atoms with Crippen LogP contribution in [0.5, 0.6) is 0 Å². The van der Waals surface area contributed by atoms with E-state index in [1.807, 2.05) is 11.8 Å². The van der Waals surface area contributed by atoms with E-state index in [9.17, 15) is 9.59 Å². The Morgan fingerprint density at radius 3 is 2.32 bits per heavy atom. The van der Waals surface area contributed by atoms with Crippen molar-refractivity contribution in [3.63, 3.8) is 0 Å². The molecule has 0 aromatic carbocycles. The van der Waals surface area contributed by atoms with Gasteiger partial charge in [-0.15, -0.1) is 0 Å². The van der Waals surface area contributed by atoms with Gasteiger partial charge in [0.1, 0.15) is 11.9 Å². The van der Waals surface area contributed by atoms with Crippen LogP contribution in [-0.4, -0.2) is 41.9 Å². The molecule has 0 spiro atoms. The van der Waals surface area contributed by atoms with Crippen LogP contribution in [0.1, 0.15) is 58.3 Å². The summed E-state index contributed by atoms with van der Waals surface area (Å²) in [4.78, 5) is 25.5. The van der Waals surface area contributed by atoms with Crippen molar-refractivity contribution >= 4 is 11.7 Å². The number of nitrogens with zero attached hydrogens (tertiary/aromatic N) is 1. The lowest BCUT2D eigenvalue weighted by Gasteiger charge is -2.28. The maximum Gasteiger partial charge on any atom is 0.251 e. The second-order valence-corrected chi connectivity index (χ2v) is 5.76. The van der Waals surface area contributed by atoms with Crippen molar-refractivity contribution in [1.82, 2.24) is 4.90 Å². The third-order valence-electron chi connectivity index (χ3n) is 4.15. The summed E-state index contributed by atoms with van der Waals surface area (Å²) in [6.45, 7) is 3.59. The third-order valence-corrected chi connectivity index (χ3v) is 4.15. The standard InChI is InChI=1S/C15H25NO3/c1-12(19-14-8-6-13(17)7-9-14)15(18)16-10-4-2-3-5-11-16/h12,14H,2-11H2,1H3. The summed E-state index contributed by atoms with van der Waals surface area (Å²) in [5.74, 6) is 0.449. The van der Waals surface area contributed by atoms with E-state index in [0.29, 0.717) is 18.6 Å². The van der Waals surface area contributed by atoms with Gasteiger partial charge >= 0.3 is 0 Å². The minimum absolute atomic E-state index is 0.0867. The van der Waals surface area contributed by atoms with E-state index in [4.69, 9.17) is 4.74 Å². The maximum absolute atomic E-state index is 12.3. The smallest absolute Gasteiger partial charge is 0.251 e. The molecule has 0 N–H and O–H groups in total. The minimum atomic E-state index is -0.365. The van der Waals surface area contributed by atoms with Crippen LogP contribution in [0.2, 0.25) is 0 Å². The Balaban J connectivity index is 1.79. The predicted molar refractivity (Wildman–Crippen MR) is 72.9 cm³/mol. The monoisotopic (exact) mass is 267 g/mol. The van der Waals surface area contributed by atoms with Crippen molar-refractivity contribution in [2.75, 3.05) is 13.1 Å². The number of carbonyl (C=O) groups is 2. The van der Waals surface area contributed by atoms with E-state index in [2.05, 4.69) is 0 Å². The lowest BCUT2D eigenvalue weighted by Crippen LogP contribution is -2.41. The fourth-order valence-corrected chi connectivity index (χ4v) is 2.94. The zero-order valence-corrected chi connectivity index (χ0v) is 11.9. The maximum atomic E-state index is 12.3. The summed E-state index contributed by atoms with van der Waals surface area (Å²) in [7, 11) is 0. The Hall–Kier alpha value is -0.900. The summed E-state index contributed by atoms with van der Waals surface area (Å²) in [5, 5.41) is 0. The molecule has 1 aliphatic carbocycles. The Morgan fingerprint density at radius 1 is 1.16 bits per heavy atom. The molecule has 1 amide bonds. The second-order valence-electron chi connectivity index (χ2n) is 5.76. The lowest BCUT2D eigenvalue weighted by molar-refractivity contribution is -0.148. The molecule has 1 saturated heterocycles. The number of hydrogen-bond donors (Lipinski definition) is 0. The predicted octanol–water partition coefficient (Wildman–Crippen LogP) is 2.31. The van der Waals surface area contributed by atoms with Gasteiger partial charge in [-0.3, -0.25) is 9.59 Å². The van der Waals surface area contributed by atoms with E-state index in [0.717, 1.165) is 38.8 Å². The highest BCUT2D eigenvalue weighted by Crippen LogP contribution is 2.20. The van der Waals surface area contributed by atoms with Gasteiger partial charge in [0.2, 0.25) is 0 Å². The molecular weight excluding hydrogens is 242 g/mol. The van der Waals surface area contributed by atoms with Gasteiger partial charge in [-0.25, -0.2) is 0 Å². The first-order valence-corrected chi connectivity index (χ1v) is 7.63. The van der Waals surface area contributed by atoms with Gasteiger partial charge in [0.15, 0.2) is 0 Å². The van der Waals surface area contributed by atoms with Gasteiger partial charge in [0.05, 0.1) is 6.10 Å². The molecule has 1 heterocycles. The first-order valence-electron chi connectivity index (χ1n) is 7.63. The molecule has 4 heteroatoms. The molecule has 108 valence electrons. The molecule has 0 bridgehead atoms. The van der Waals surface area contributed by atoms with Crippen molar-refractivity contribution in [1.29, 1.82) is 0 Å².